The summed E-state index contributed by atoms with van der Waals surface area (Å²) in [5, 5.41) is 2.44. The summed E-state index contributed by atoms with van der Waals surface area (Å²) in [6.07, 6.45) is -2.97. The average Bonchev–Trinajstić information content (AvgIpc) is 3.02. The molecule has 0 aliphatic rings. The van der Waals surface area contributed by atoms with Gasteiger partial charge in [-0.25, -0.2) is 0 Å². The Morgan fingerprint density at radius 3 is 2.61 bits per heavy atom. The summed E-state index contributed by atoms with van der Waals surface area (Å²) in [7, 11) is 1.55. The van der Waals surface area contributed by atoms with Gasteiger partial charge >= 0.3 is 6.18 Å². The number of hydrogen-bond donors (Lipinski definition) is 0. The number of benzene rings is 1. The summed E-state index contributed by atoms with van der Waals surface area (Å²) in [4.78, 5) is 5.02. The van der Waals surface area contributed by atoms with Gasteiger partial charge in [0.15, 0.2) is 0 Å². The smallest absolute Gasteiger partial charge is 0.380 e. The van der Waals surface area contributed by atoms with Crippen molar-refractivity contribution in [3.8, 4) is 10.4 Å². The zero-order chi connectivity index (χ0) is 16.6. The number of ether oxygens (including phenoxy) is 1. The van der Waals surface area contributed by atoms with E-state index in [9.17, 15) is 13.2 Å². The number of pyridine rings is 1. The van der Waals surface area contributed by atoms with Gasteiger partial charge in [0, 0.05) is 29.1 Å². The molecule has 0 saturated carbocycles. The molecule has 0 radical (unpaired) electrons. The molecule has 3 rings (SSSR count). The van der Waals surface area contributed by atoms with Crippen LogP contribution in [0.4, 0.5) is 13.2 Å². The predicted octanol–water partition coefficient (Wildman–Crippen LogP) is 5.44. The van der Waals surface area contributed by atoms with E-state index in [1.807, 2.05) is 24.4 Å². The van der Waals surface area contributed by atoms with E-state index in [0.717, 1.165) is 27.6 Å². The van der Waals surface area contributed by atoms with Crippen LogP contribution in [0.5, 0.6) is 0 Å². The predicted molar refractivity (Wildman–Crippen MR) is 85.5 cm³/mol. The second-order valence-corrected chi connectivity index (χ2v) is 6.15. The third-order valence-corrected chi connectivity index (χ3v) is 4.68. The highest BCUT2D eigenvalue weighted by molar-refractivity contribution is 7.13. The fourth-order valence-electron chi connectivity index (χ4n) is 2.67. The van der Waals surface area contributed by atoms with Gasteiger partial charge in [0.05, 0.1) is 17.7 Å². The number of aryl methyl sites for hydroxylation is 1. The van der Waals surface area contributed by atoms with Gasteiger partial charge in [0.1, 0.15) is 0 Å². The van der Waals surface area contributed by atoms with Gasteiger partial charge in [-0.2, -0.15) is 13.2 Å². The molecule has 2 nitrogen and oxygen atoms in total. The maximum atomic E-state index is 13.3. The van der Waals surface area contributed by atoms with E-state index in [0.29, 0.717) is 12.0 Å². The minimum absolute atomic E-state index is 0.0132. The largest absolute Gasteiger partial charge is 0.418 e. The monoisotopic (exact) mass is 337 g/mol. The summed E-state index contributed by atoms with van der Waals surface area (Å²) in [5.74, 6) is 0. The van der Waals surface area contributed by atoms with Crippen molar-refractivity contribution in [2.75, 3.05) is 7.11 Å². The SMILES string of the molecule is COCc1cnc2c(C(F)(F)F)ccc(-c3cccs3)c2c1C. The van der Waals surface area contributed by atoms with Crippen molar-refractivity contribution >= 4 is 22.2 Å². The number of thiophene rings is 1. The summed E-state index contributed by atoms with van der Waals surface area (Å²) < 4.78 is 45.1. The number of nitrogens with zero attached hydrogens (tertiary/aromatic N) is 1. The third-order valence-electron chi connectivity index (χ3n) is 3.78. The van der Waals surface area contributed by atoms with Crippen LogP contribution in [0.25, 0.3) is 21.3 Å². The van der Waals surface area contributed by atoms with E-state index < -0.39 is 11.7 Å². The van der Waals surface area contributed by atoms with Crippen molar-refractivity contribution in [2.24, 2.45) is 0 Å². The van der Waals surface area contributed by atoms with E-state index in [1.54, 1.807) is 7.11 Å². The molecule has 2 aromatic heterocycles. The van der Waals surface area contributed by atoms with E-state index in [2.05, 4.69) is 4.98 Å². The molecule has 0 amide bonds. The molecule has 0 N–H and O–H groups in total. The summed E-state index contributed by atoms with van der Waals surface area (Å²) >= 11 is 1.49. The van der Waals surface area contributed by atoms with E-state index in [-0.39, 0.29) is 5.52 Å². The van der Waals surface area contributed by atoms with Gasteiger partial charge in [-0.05, 0) is 35.6 Å². The first kappa shape index (κ1) is 16.0. The minimum atomic E-state index is -4.44. The van der Waals surface area contributed by atoms with Gasteiger partial charge in [0.2, 0.25) is 0 Å². The number of aromatic nitrogens is 1. The maximum absolute atomic E-state index is 13.3. The normalized spacial score (nSPS) is 12.0. The van der Waals surface area contributed by atoms with Crippen LogP contribution in [0.15, 0.2) is 35.8 Å². The van der Waals surface area contributed by atoms with Gasteiger partial charge in [-0.15, -0.1) is 11.3 Å². The van der Waals surface area contributed by atoms with Crippen LogP contribution in [0, 0.1) is 6.92 Å². The van der Waals surface area contributed by atoms with Crippen molar-refractivity contribution < 1.29 is 17.9 Å². The van der Waals surface area contributed by atoms with Crippen molar-refractivity contribution in [1.29, 1.82) is 0 Å². The Morgan fingerprint density at radius 1 is 1.22 bits per heavy atom. The Bertz CT molecular complexity index is 841. The number of fused-ring (bicyclic) bond motifs is 1. The molecule has 6 heteroatoms. The molecule has 0 bridgehead atoms. The van der Waals surface area contributed by atoms with Crippen LogP contribution in [0.3, 0.4) is 0 Å². The summed E-state index contributed by atoms with van der Waals surface area (Å²) in [6.45, 7) is 2.13. The Balaban J connectivity index is 2.39. The Kier molecular flexibility index (Phi) is 4.12. The van der Waals surface area contributed by atoms with Gasteiger partial charge in [-0.3, -0.25) is 4.98 Å². The lowest BCUT2D eigenvalue weighted by atomic mass is 9.96. The van der Waals surface area contributed by atoms with Crippen molar-refractivity contribution in [3.63, 3.8) is 0 Å². The quantitative estimate of drug-likeness (QED) is 0.635. The number of halogens is 3. The van der Waals surface area contributed by atoms with E-state index in [4.69, 9.17) is 4.74 Å². The molecule has 0 fully saturated rings. The second-order valence-electron chi connectivity index (χ2n) is 5.20. The summed E-state index contributed by atoms with van der Waals surface area (Å²) in [6, 6.07) is 6.42. The molecular formula is C17H14F3NOS. The van der Waals surface area contributed by atoms with Gasteiger partial charge < -0.3 is 4.74 Å². The molecule has 0 aliphatic carbocycles. The van der Waals surface area contributed by atoms with E-state index in [1.165, 1.54) is 23.6 Å². The number of rotatable bonds is 3. The molecule has 23 heavy (non-hydrogen) atoms. The highest BCUT2D eigenvalue weighted by Gasteiger charge is 2.34. The second kappa shape index (κ2) is 5.94. The number of alkyl halides is 3. The first-order chi connectivity index (χ1) is 10.9. The molecule has 0 saturated heterocycles. The van der Waals surface area contributed by atoms with Crippen LogP contribution in [0.2, 0.25) is 0 Å². The summed E-state index contributed by atoms with van der Waals surface area (Å²) in [5.41, 5.74) is 1.61. The fourth-order valence-corrected chi connectivity index (χ4v) is 3.43. The molecule has 3 aromatic rings. The Morgan fingerprint density at radius 2 is 2.00 bits per heavy atom. The molecule has 0 spiro atoms. The maximum Gasteiger partial charge on any atom is 0.418 e. The highest BCUT2D eigenvalue weighted by atomic mass is 32.1. The molecular weight excluding hydrogens is 323 g/mol. The molecule has 0 unspecified atom stereocenters. The average molecular weight is 337 g/mol. The van der Waals surface area contributed by atoms with Crippen LogP contribution < -0.4 is 0 Å². The first-order valence-corrected chi connectivity index (χ1v) is 7.82. The number of hydrogen-bond acceptors (Lipinski definition) is 3. The third kappa shape index (κ3) is 2.84. The van der Waals surface area contributed by atoms with Crippen LogP contribution in [-0.2, 0) is 17.5 Å². The Hall–Kier alpha value is -1.92. The minimum Gasteiger partial charge on any atom is -0.380 e. The van der Waals surface area contributed by atoms with Crippen molar-refractivity contribution in [3.05, 3.63) is 52.5 Å². The van der Waals surface area contributed by atoms with Crippen molar-refractivity contribution in [2.45, 2.75) is 19.7 Å². The molecule has 0 aliphatic heterocycles. The lowest BCUT2D eigenvalue weighted by Crippen LogP contribution is -2.08. The van der Waals surface area contributed by atoms with E-state index >= 15 is 0 Å². The molecule has 2 heterocycles. The highest BCUT2D eigenvalue weighted by Crippen LogP contribution is 2.40. The Labute approximate surface area is 135 Å². The van der Waals surface area contributed by atoms with Crippen LogP contribution in [-0.4, -0.2) is 12.1 Å². The molecule has 0 atom stereocenters. The fraction of sp³-hybridized carbons (Fsp3) is 0.235. The van der Waals surface area contributed by atoms with Gasteiger partial charge in [-0.1, -0.05) is 12.1 Å². The zero-order valence-corrected chi connectivity index (χ0v) is 13.4. The first-order valence-electron chi connectivity index (χ1n) is 6.94. The topological polar surface area (TPSA) is 22.1 Å². The standard InChI is InChI=1S/C17H14F3NOS/c1-10-11(9-22-2)8-21-16-13(17(18,19)20)6-5-12(15(10)16)14-4-3-7-23-14/h3-8H,9H2,1-2H3. The lowest BCUT2D eigenvalue weighted by Gasteiger charge is -2.16. The van der Waals surface area contributed by atoms with Crippen LogP contribution >= 0.6 is 11.3 Å². The zero-order valence-electron chi connectivity index (χ0n) is 12.6. The number of methoxy groups -OCH3 is 1. The molecule has 1 aromatic carbocycles. The van der Waals surface area contributed by atoms with Crippen molar-refractivity contribution in [1.82, 2.24) is 4.98 Å². The lowest BCUT2D eigenvalue weighted by molar-refractivity contribution is -0.136. The van der Waals surface area contributed by atoms with Gasteiger partial charge in [0.25, 0.3) is 0 Å². The van der Waals surface area contributed by atoms with Crippen LogP contribution in [0.1, 0.15) is 16.7 Å². The molecule has 120 valence electrons.